The van der Waals surface area contributed by atoms with Crippen LogP contribution in [0.2, 0.25) is 0 Å². The number of nitrogens with two attached hydrogens (primary N) is 1. The second-order valence-corrected chi connectivity index (χ2v) is 8.84. The van der Waals surface area contributed by atoms with Gasteiger partial charge < -0.3 is 35.5 Å². The number of carbonyl (C=O) groups is 1. The van der Waals surface area contributed by atoms with Crippen molar-refractivity contribution in [1.82, 2.24) is 19.5 Å². The van der Waals surface area contributed by atoms with E-state index >= 15 is 0 Å². The highest BCUT2D eigenvalue weighted by molar-refractivity contribution is 5.82. The van der Waals surface area contributed by atoms with E-state index in [0.717, 1.165) is 11.1 Å². The quantitative estimate of drug-likeness (QED) is 0.240. The minimum atomic E-state index is -1.33. The van der Waals surface area contributed by atoms with E-state index in [9.17, 15) is 15.0 Å². The molecule has 2 aromatic heterocycles. The van der Waals surface area contributed by atoms with Crippen molar-refractivity contribution < 1.29 is 29.2 Å². The van der Waals surface area contributed by atoms with E-state index in [-0.39, 0.29) is 0 Å². The molecule has 5 N–H and O–H groups in total. The van der Waals surface area contributed by atoms with Crippen molar-refractivity contribution >= 4 is 23.0 Å². The number of fused-ring (bicyclic) bond motifs is 1. The van der Waals surface area contributed by atoms with Gasteiger partial charge in [0.15, 0.2) is 40.8 Å². The fourth-order valence-corrected chi connectivity index (χ4v) is 4.36. The number of aromatic nitrogens is 4. The molecule has 3 heterocycles. The average molecular weight is 521 g/mol. The van der Waals surface area contributed by atoms with Crippen molar-refractivity contribution in [2.75, 3.05) is 19.0 Å². The Kier molecular flexibility index (Phi) is 7.36. The monoisotopic (exact) mass is 520 g/mol. The Balaban J connectivity index is 1.24. The molecular weight excluding hydrogens is 492 g/mol. The maximum atomic E-state index is 11.4. The van der Waals surface area contributed by atoms with Gasteiger partial charge in [0.05, 0.1) is 19.5 Å². The molecule has 0 bridgehead atoms. The molecule has 1 fully saturated rings. The normalized spacial score (nSPS) is 20.9. The number of anilines is 1. The van der Waals surface area contributed by atoms with E-state index < -0.39 is 30.4 Å². The number of carboxylic acid groups (broad SMARTS) is 1. The number of ether oxygens (including phenoxy) is 3. The van der Waals surface area contributed by atoms with E-state index in [0.29, 0.717) is 48.1 Å². The second-order valence-electron chi connectivity index (χ2n) is 8.84. The minimum absolute atomic E-state index is 0.381. The summed E-state index contributed by atoms with van der Waals surface area (Å²) in [5.74, 6) is 0.565. The van der Waals surface area contributed by atoms with Gasteiger partial charge in [-0.2, -0.15) is 0 Å². The first-order valence-corrected chi connectivity index (χ1v) is 12.0. The first-order valence-electron chi connectivity index (χ1n) is 12.0. The summed E-state index contributed by atoms with van der Waals surface area (Å²) < 4.78 is 18.4. The number of imidazole rings is 1. The maximum absolute atomic E-state index is 11.4. The van der Waals surface area contributed by atoms with Crippen LogP contribution in [0.1, 0.15) is 17.4 Å². The van der Waals surface area contributed by atoms with Gasteiger partial charge in [0.1, 0.15) is 19.0 Å². The van der Waals surface area contributed by atoms with Crippen LogP contribution in [0.15, 0.2) is 61.2 Å². The fourth-order valence-electron chi connectivity index (χ4n) is 4.36. The first kappa shape index (κ1) is 25.4. The molecule has 4 atom stereocenters. The number of hydrogen-bond acceptors (Lipinski definition) is 10. The Morgan fingerprint density at radius 2 is 1.95 bits per heavy atom. The van der Waals surface area contributed by atoms with E-state index in [1.807, 2.05) is 48.5 Å². The number of benzene rings is 2. The highest BCUT2D eigenvalue weighted by Gasteiger charge is 2.46. The summed E-state index contributed by atoms with van der Waals surface area (Å²) in [5, 5.41) is 23.0. The second kappa shape index (κ2) is 11.0. The van der Waals surface area contributed by atoms with Crippen molar-refractivity contribution in [3.05, 3.63) is 72.3 Å². The van der Waals surface area contributed by atoms with Gasteiger partial charge >= 0.3 is 5.97 Å². The van der Waals surface area contributed by atoms with Crippen molar-refractivity contribution in [3.8, 4) is 11.5 Å². The topological polar surface area (TPSA) is 167 Å². The van der Waals surface area contributed by atoms with Crippen LogP contribution < -0.4 is 20.5 Å². The molecule has 0 saturated carbocycles. The van der Waals surface area contributed by atoms with Crippen LogP contribution in [0.5, 0.6) is 11.5 Å². The van der Waals surface area contributed by atoms with Crippen LogP contribution in [0.4, 0.5) is 5.82 Å². The predicted molar refractivity (Wildman–Crippen MR) is 137 cm³/mol. The van der Waals surface area contributed by atoms with E-state index in [1.54, 1.807) is 7.11 Å². The average Bonchev–Trinajstić information content (AvgIpc) is 3.49. The van der Waals surface area contributed by atoms with E-state index in [1.165, 1.54) is 17.2 Å². The fraction of sp³-hybridized carbons (Fsp3) is 0.308. The SMILES string of the molecule is COc1cc(CCNc2ncnc3c2ncn3[C@@H]2O[C@H](C(=O)O)[C@@H](N)[C@H]2O)ccc1OCc1ccccc1. The van der Waals surface area contributed by atoms with Crippen LogP contribution in [0.25, 0.3) is 11.2 Å². The lowest BCUT2D eigenvalue weighted by Crippen LogP contribution is -2.43. The lowest BCUT2D eigenvalue weighted by Gasteiger charge is -2.16. The number of methoxy groups -OCH3 is 1. The van der Waals surface area contributed by atoms with Gasteiger partial charge in [0.2, 0.25) is 0 Å². The molecule has 12 heteroatoms. The third-order valence-corrected chi connectivity index (χ3v) is 6.37. The van der Waals surface area contributed by atoms with Crippen molar-refractivity contribution in [2.24, 2.45) is 5.73 Å². The van der Waals surface area contributed by atoms with Gasteiger partial charge in [0.25, 0.3) is 0 Å². The van der Waals surface area contributed by atoms with Gasteiger partial charge in [-0.25, -0.2) is 19.7 Å². The summed E-state index contributed by atoms with van der Waals surface area (Å²) >= 11 is 0. The van der Waals surface area contributed by atoms with Crippen LogP contribution in [0, 0.1) is 0 Å². The van der Waals surface area contributed by atoms with Crippen molar-refractivity contribution in [1.29, 1.82) is 0 Å². The summed E-state index contributed by atoms with van der Waals surface area (Å²) in [6.45, 7) is 0.987. The zero-order valence-electron chi connectivity index (χ0n) is 20.6. The molecular formula is C26H28N6O6. The molecule has 0 aliphatic carbocycles. The zero-order chi connectivity index (χ0) is 26.6. The van der Waals surface area contributed by atoms with Gasteiger partial charge in [-0.05, 0) is 29.7 Å². The molecule has 38 heavy (non-hydrogen) atoms. The van der Waals surface area contributed by atoms with Crippen molar-refractivity contribution in [3.63, 3.8) is 0 Å². The van der Waals surface area contributed by atoms with Crippen LogP contribution in [0.3, 0.4) is 0 Å². The maximum Gasteiger partial charge on any atom is 0.334 e. The molecule has 0 unspecified atom stereocenters. The third-order valence-electron chi connectivity index (χ3n) is 6.37. The largest absolute Gasteiger partial charge is 0.493 e. The van der Waals surface area contributed by atoms with Crippen LogP contribution in [-0.4, -0.2) is 67.6 Å². The molecule has 0 spiro atoms. The first-order chi connectivity index (χ1) is 18.5. The third kappa shape index (κ3) is 5.09. The molecule has 1 aliphatic rings. The lowest BCUT2D eigenvalue weighted by molar-refractivity contribution is -0.152. The lowest BCUT2D eigenvalue weighted by atomic mass is 10.1. The number of carboxylic acids is 1. The highest BCUT2D eigenvalue weighted by Crippen LogP contribution is 2.32. The summed E-state index contributed by atoms with van der Waals surface area (Å²) in [6.07, 6.45) is -0.154. The Bertz CT molecular complexity index is 1410. The standard InChI is InChI=1S/C26H28N6O6/c1-36-18-11-15(7-8-17(18)37-12-16-5-3-2-4-6-16)9-10-28-23-20-24(30-13-29-23)32(14-31-20)25-21(33)19(27)22(38-25)26(34)35/h2-8,11,13-14,19,21-22,25,33H,9-10,12,27H2,1H3,(H,34,35)(H,28,29,30)/t19-,21+,22-,25+/m0/s1. The molecule has 1 aliphatic heterocycles. The zero-order valence-corrected chi connectivity index (χ0v) is 20.6. The molecule has 0 radical (unpaired) electrons. The van der Waals surface area contributed by atoms with Gasteiger partial charge in [-0.3, -0.25) is 4.57 Å². The molecule has 1 saturated heterocycles. The Morgan fingerprint density at radius 3 is 2.68 bits per heavy atom. The minimum Gasteiger partial charge on any atom is -0.493 e. The summed E-state index contributed by atoms with van der Waals surface area (Å²) in [5.41, 5.74) is 8.78. The molecule has 198 valence electrons. The number of rotatable bonds is 10. The number of nitrogens with one attached hydrogen (secondary N) is 1. The van der Waals surface area contributed by atoms with Crippen LogP contribution >= 0.6 is 0 Å². The highest BCUT2D eigenvalue weighted by atomic mass is 16.6. The number of aliphatic hydroxyl groups is 1. The number of nitrogens with zero attached hydrogens (tertiary/aromatic N) is 4. The summed E-state index contributed by atoms with van der Waals surface area (Å²) in [6, 6.07) is 14.6. The predicted octanol–water partition coefficient (Wildman–Crippen LogP) is 1.74. The summed E-state index contributed by atoms with van der Waals surface area (Å²) in [4.78, 5) is 24.3. The Hall–Kier alpha value is -4.26. The van der Waals surface area contributed by atoms with Gasteiger partial charge in [0, 0.05) is 6.54 Å². The molecule has 4 aromatic rings. The van der Waals surface area contributed by atoms with E-state index in [4.69, 9.17) is 19.9 Å². The number of hydrogen-bond donors (Lipinski definition) is 4. The summed E-state index contributed by atoms with van der Waals surface area (Å²) in [7, 11) is 1.61. The van der Waals surface area contributed by atoms with E-state index in [2.05, 4.69) is 20.3 Å². The smallest absolute Gasteiger partial charge is 0.334 e. The molecule has 2 aromatic carbocycles. The Labute approximate surface area is 218 Å². The molecule has 12 nitrogen and oxygen atoms in total. The number of aliphatic carboxylic acids is 1. The number of aliphatic hydroxyl groups excluding tert-OH is 1. The molecule has 5 rings (SSSR count). The van der Waals surface area contributed by atoms with Crippen molar-refractivity contribution in [2.45, 2.75) is 37.5 Å². The Morgan fingerprint density at radius 1 is 1.13 bits per heavy atom. The van der Waals surface area contributed by atoms with Gasteiger partial charge in [-0.1, -0.05) is 36.4 Å². The molecule has 0 amide bonds. The van der Waals surface area contributed by atoms with Gasteiger partial charge in [-0.15, -0.1) is 0 Å². The van der Waals surface area contributed by atoms with Crippen LogP contribution in [-0.2, 0) is 22.6 Å².